The van der Waals surface area contributed by atoms with E-state index in [9.17, 15) is 0 Å². The minimum Gasteiger partial charge on any atom is -0.315 e. The van der Waals surface area contributed by atoms with Gasteiger partial charge in [0.2, 0.25) is 0 Å². The van der Waals surface area contributed by atoms with Gasteiger partial charge in [0.25, 0.3) is 0 Å². The molecule has 2 nitrogen and oxygen atoms in total. The summed E-state index contributed by atoms with van der Waals surface area (Å²) in [5, 5.41) is 7.07. The minimum absolute atomic E-state index is 0.255. The van der Waals surface area contributed by atoms with Gasteiger partial charge in [-0.25, -0.2) is 0 Å². The first-order valence-electron chi connectivity index (χ1n) is 7.59. The normalized spacial score (nSPS) is 19.8. The monoisotopic (exact) mass is 260 g/mol. The highest BCUT2D eigenvalue weighted by atomic mass is 15.0. The van der Waals surface area contributed by atoms with Gasteiger partial charge in [-0.1, -0.05) is 45.0 Å². The van der Waals surface area contributed by atoms with Gasteiger partial charge in [0, 0.05) is 12.6 Å². The second kappa shape index (κ2) is 6.53. The topological polar surface area (TPSA) is 24.1 Å². The second-order valence-corrected chi connectivity index (χ2v) is 6.69. The summed E-state index contributed by atoms with van der Waals surface area (Å²) in [6, 6.07) is 9.79. The van der Waals surface area contributed by atoms with E-state index in [4.69, 9.17) is 0 Å². The van der Waals surface area contributed by atoms with E-state index in [1.54, 1.807) is 0 Å². The van der Waals surface area contributed by atoms with Crippen LogP contribution in [0.1, 0.15) is 44.7 Å². The van der Waals surface area contributed by atoms with Gasteiger partial charge in [0.15, 0.2) is 0 Å². The van der Waals surface area contributed by atoms with Crippen molar-refractivity contribution in [3.05, 3.63) is 35.4 Å². The van der Waals surface area contributed by atoms with Crippen molar-refractivity contribution in [2.75, 3.05) is 19.6 Å². The molecule has 2 N–H and O–H groups in total. The fourth-order valence-corrected chi connectivity index (χ4v) is 2.61. The molecule has 19 heavy (non-hydrogen) atoms. The van der Waals surface area contributed by atoms with E-state index in [0.717, 1.165) is 19.5 Å². The highest BCUT2D eigenvalue weighted by Gasteiger charge is 2.13. The Hall–Kier alpha value is -0.860. The fourth-order valence-electron chi connectivity index (χ4n) is 2.61. The van der Waals surface area contributed by atoms with Gasteiger partial charge in [0.1, 0.15) is 0 Å². The van der Waals surface area contributed by atoms with Crippen LogP contribution in [0.5, 0.6) is 0 Å². The molecule has 1 aliphatic rings. The molecule has 1 aliphatic heterocycles. The molecule has 0 radical (unpaired) electrons. The summed E-state index contributed by atoms with van der Waals surface area (Å²) in [5.74, 6) is 0. The summed E-state index contributed by atoms with van der Waals surface area (Å²) in [4.78, 5) is 0. The second-order valence-electron chi connectivity index (χ2n) is 6.69. The number of hydrogen-bond donors (Lipinski definition) is 2. The van der Waals surface area contributed by atoms with Gasteiger partial charge in [-0.05, 0) is 48.9 Å². The van der Waals surface area contributed by atoms with Crippen molar-refractivity contribution in [3.8, 4) is 0 Å². The van der Waals surface area contributed by atoms with Gasteiger partial charge in [-0.15, -0.1) is 0 Å². The summed E-state index contributed by atoms with van der Waals surface area (Å²) < 4.78 is 0. The zero-order chi connectivity index (χ0) is 13.7. The Morgan fingerprint density at radius 3 is 2.53 bits per heavy atom. The van der Waals surface area contributed by atoms with Crippen molar-refractivity contribution >= 4 is 0 Å². The van der Waals surface area contributed by atoms with Crippen LogP contribution in [-0.4, -0.2) is 25.7 Å². The Balaban J connectivity index is 1.71. The molecule has 2 heteroatoms. The molecular formula is C17H28N2. The predicted octanol–water partition coefficient (Wildman–Crippen LogP) is 2.87. The summed E-state index contributed by atoms with van der Waals surface area (Å²) in [7, 11) is 0. The lowest BCUT2D eigenvalue weighted by Crippen LogP contribution is -2.34. The van der Waals surface area contributed by atoms with Crippen LogP contribution in [0, 0.1) is 0 Å². The molecule has 2 rings (SSSR count). The average molecular weight is 260 g/mol. The largest absolute Gasteiger partial charge is 0.315 e. The summed E-state index contributed by atoms with van der Waals surface area (Å²) in [6.07, 6.45) is 3.78. The number of benzene rings is 1. The standard InChI is InChI=1S/C17H28N2/c1-17(2,3)15-8-6-14(7-9-15)10-12-18-13-16-5-4-11-19-16/h6-9,16,18-19H,4-5,10-13H2,1-3H3. The Morgan fingerprint density at radius 1 is 1.21 bits per heavy atom. The third-order valence-corrected chi connectivity index (χ3v) is 3.96. The Labute approximate surface area is 118 Å². The Kier molecular flexibility index (Phi) is 5.00. The molecular weight excluding hydrogens is 232 g/mol. The molecule has 1 fully saturated rings. The summed E-state index contributed by atoms with van der Waals surface area (Å²) in [5.41, 5.74) is 3.10. The SMILES string of the molecule is CC(C)(C)c1ccc(CCNCC2CCCN2)cc1. The van der Waals surface area contributed by atoms with Crippen LogP contribution in [0.25, 0.3) is 0 Å². The van der Waals surface area contributed by atoms with Gasteiger partial charge in [-0.3, -0.25) is 0 Å². The van der Waals surface area contributed by atoms with E-state index in [2.05, 4.69) is 55.7 Å². The zero-order valence-corrected chi connectivity index (χ0v) is 12.6. The molecule has 1 unspecified atom stereocenters. The number of hydrogen-bond acceptors (Lipinski definition) is 2. The average Bonchev–Trinajstić information content (AvgIpc) is 2.87. The lowest BCUT2D eigenvalue weighted by molar-refractivity contribution is 0.537. The van der Waals surface area contributed by atoms with Crippen LogP contribution in [-0.2, 0) is 11.8 Å². The van der Waals surface area contributed by atoms with Gasteiger partial charge >= 0.3 is 0 Å². The van der Waals surface area contributed by atoms with E-state index in [0.29, 0.717) is 6.04 Å². The van der Waals surface area contributed by atoms with Crippen molar-refractivity contribution in [1.82, 2.24) is 10.6 Å². The first-order valence-corrected chi connectivity index (χ1v) is 7.59. The predicted molar refractivity (Wildman–Crippen MR) is 82.7 cm³/mol. The van der Waals surface area contributed by atoms with Gasteiger partial charge < -0.3 is 10.6 Å². The summed E-state index contributed by atoms with van der Waals surface area (Å²) in [6.45, 7) is 10.2. The molecule has 106 valence electrons. The molecule has 0 bridgehead atoms. The molecule has 0 amide bonds. The molecule has 1 aromatic rings. The fraction of sp³-hybridized carbons (Fsp3) is 0.647. The first-order chi connectivity index (χ1) is 9.05. The van der Waals surface area contributed by atoms with E-state index in [1.165, 1.54) is 30.5 Å². The number of nitrogens with one attached hydrogen (secondary N) is 2. The van der Waals surface area contributed by atoms with Gasteiger partial charge in [-0.2, -0.15) is 0 Å². The molecule has 0 aromatic heterocycles. The zero-order valence-electron chi connectivity index (χ0n) is 12.6. The molecule has 0 saturated carbocycles. The first kappa shape index (κ1) is 14.5. The molecule has 1 aromatic carbocycles. The van der Waals surface area contributed by atoms with E-state index in [1.807, 2.05) is 0 Å². The van der Waals surface area contributed by atoms with Crippen molar-refractivity contribution in [2.45, 2.75) is 51.5 Å². The quantitative estimate of drug-likeness (QED) is 0.796. The molecule has 1 atom stereocenters. The van der Waals surface area contributed by atoms with Crippen molar-refractivity contribution < 1.29 is 0 Å². The van der Waals surface area contributed by atoms with Crippen molar-refractivity contribution in [2.24, 2.45) is 0 Å². The maximum Gasteiger partial charge on any atom is 0.0192 e. The maximum absolute atomic E-state index is 3.56. The third kappa shape index (κ3) is 4.63. The van der Waals surface area contributed by atoms with Crippen LogP contribution in [0.15, 0.2) is 24.3 Å². The molecule has 1 heterocycles. The number of rotatable bonds is 5. The minimum atomic E-state index is 0.255. The molecule has 1 saturated heterocycles. The highest BCUT2D eigenvalue weighted by molar-refractivity contribution is 5.27. The van der Waals surface area contributed by atoms with Crippen LogP contribution >= 0.6 is 0 Å². The lowest BCUT2D eigenvalue weighted by atomic mass is 9.86. The maximum atomic E-state index is 3.56. The van der Waals surface area contributed by atoms with E-state index < -0.39 is 0 Å². The molecule has 0 aliphatic carbocycles. The van der Waals surface area contributed by atoms with Gasteiger partial charge in [0.05, 0.1) is 0 Å². The summed E-state index contributed by atoms with van der Waals surface area (Å²) >= 11 is 0. The third-order valence-electron chi connectivity index (χ3n) is 3.96. The highest BCUT2D eigenvalue weighted by Crippen LogP contribution is 2.22. The Morgan fingerprint density at radius 2 is 1.95 bits per heavy atom. The van der Waals surface area contributed by atoms with Crippen molar-refractivity contribution in [1.29, 1.82) is 0 Å². The van der Waals surface area contributed by atoms with Crippen LogP contribution in [0.4, 0.5) is 0 Å². The van der Waals surface area contributed by atoms with Crippen LogP contribution in [0.3, 0.4) is 0 Å². The van der Waals surface area contributed by atoms with Crippen LogP contribution < -0.4 is 10.6 Å². The van der Waals surface area contributed by atoms with Crippen LogP contribution in [0.2, 0.25) is 0 Å². The Bertz CT molecular complexity index is 369. The van der Waals surface area contributed by atoms with Crippen molar-refractivity contribution in [3.63, 3.8) is 0 Å². The molecule has 0 spiro atoms. The van der Waals surface area contributed by atoms with E-state index >= 15 is 0 Å². The van der Waals surface area contributed by atoms with E-state index in [-0.39, 0.29) is 5.41 Å². The lowest BCUT2D eigenvalue weighted by Gasteiger charge is -2.19. The smallest absolute Gasteiger partial charge is 0.0192 e.